The molecule has 1 aromatic rings. The lowest BCUT2D eigenvalue weighted by Crippen LogP contribution is -2.19. The number of H-pyrrole nitrogens is 1. The molecule has 0 saturated heterocycles. The number of ether oxygens (including phenoxy) is 1. The molecule has 15 heavy (non-hydrogen) atoms. The number of nitrogens with zero attached hydrogens (tertiary/aromatic N) is 1. The molecular weight excluding hydrogens is 196 g/mol. The Morgan fingerprint density at radius 2 is 2.40 bits per heavy atom. The van der Waals surface area contributed by atoms with Gasteiger partial charge in [-0.15, -0.1) is 0 Å². The van der Waals surface area contributed by atoms with E-state index >= 15 is 0 Å². The van der Waals surface area contributed by atoms with Gasteiger partial charge in [-0.1, -0.05) is 0 Å². The van der Waals surface area contributed by atoms with Crippen molar-refractivity contribution in [1.29, 1.82) is 0 Å². The number of nitrogens with one attached hydrogen (secondary N) is 2. The number of nitrogens with two attached hydrogens (primary N) is 1. The standard InChI is InChI=1S/C9H16N4O2/c1-6(2)15-4-3-11-8-7(10)9(14)13-5-12-8/h5-6H,3-4,10H2,1-2H3,(H2,11,12,13,14). The molecular formula is C9H16N4O2. The van der Waals surface area contributed by atoms with Crippen molar-refractivity contribution in [3.05, 3.63) is 16.7 Å². The predicted octanol–water partition coefficient (Wildman–Crippen LogP) is 0.189. The Hall–Kier alpha value is -1.56. The van der Waals surface area contributed by atoms with E-state index in [0.29, 0.717) is 19.0 Å². The van der Waals surface area contributed by atoms with Crippen molar-refractivity contribution in [3.63, 3.8) is 0 Å². The van der Waals surface area contributed by atoms with Gasteiger partial charge in [-0.25, -0.2) is 4.98 Å². The number of hydrogen-bond acceptors (Lipinski definition) is 5. The number of aromatic nitrogens is 2. The summed E-state index contributed by atoms with van der Waals surface area (Å²) < 4.78 is 5.32. The highest BCUT2D eigenvalue weighted by Crippen LogP contribution is 2.05. The molecule has 0 amide bonds. The molecule has 0 saturated carbocycles. The van der Waals surface area contributed by atoms with Gasteiger partial charge in [0.1, 0.15) is 5.69 Å². The Kier molecular flexibility index (Phi) is 4.11. The van der Waals surface area contributed by atoms with E-state index in [1.165, 1.54) is 6.33 Å². The van der Waals surface area contributed by atoms with Crippen molar-refractivity contribution in [2.45, 2.75) is 20.0 Å². The second-order valence-electron chi connectivity index (χ2n) is 3.34. The van der Waals surface area contributed by atoms with E-state index in [4.69, 9.17) is 10.5 Å². The molecule has 6 nitrogen and oxygen atoms in total. The molecule has 1 rings (SSSR count). The minimum Gasteiger partial charge on any atom is -0.391 e. The average molecular weight is 212 g/mol. The zero-order chi connectivity index (χ0) is 11.3. The van der Waals surface area contributed by atoms with Gasteiger partial charge in [0.2, 0.25) is 0 Å². The monoisotopic (exact) mass is 212 g/mol. The van der Waals surface area contributed by atoms with Crippen LogP contribution in [-0.2, 0) is 4.74 Å². The van der Waals surface area contributed by atoms with Crippen LogP contribution < -0.4 is 16.6 Å². The first-order chi connectivity index (χ1) is 7.11. The van der Waals surface area contributed by atoms with Crippen LogP contribution in [-0.4, -0.2) is 29.2 Å². The Morgan fingerprint density at radius 3 is 3.07 bits per heavy atom. The first-order valence-electron chi connectivity index (χ1n) is 4.80. The Bertz CT molecular complexity index is 361. The molecule has 0 spiro atoms. The highest BCUT2D eigenvalue weighted by atomic mass is 16.5. The van der Waals surface area contributed by atoms with Crippen LogP contribution in [0.25, 0.3) is 0 Å². The van der Waals surface area contributed by atoms with E-state index in [1.807, 2.05) is 13.8 Å². The van der Waals surface area contributed by atoms with Crippen LogP contribution in [0.4, 0.5) is 11.5 Å². The van der Waals surface area contributed by atoms with Gasteiger partial charge in [0.25, 0.3) is 5.56 Å². The molecule has 1 heterocycles. The van der Waals surface area contributed by atoms with Crippen LogP contribution in [0.2, 0.25) is 0 Å². The Morgan fingerprint density at radius 1 is 1.67 bits per heavy atom. The SMILES string of the molecule is CC(C)OCCNc1nc[nH]c(=O)c1N. The number of anilines is 2. The second kappa shape index (κ2) is 5.35. The maximum absolute atomic E-state index is 11.1. The Balaban J connectivity index is 2.44. The van der Waals surface area contributed by atoms with Crippen molar-refractivity contribution in [3.8, 4) is 0 Å². The van der Waals surface area contributed by atoms with Crippen LogP contribution in [0.1, 0.15) is 13.8 Å². The first kappa shape index (κ1) is 11.5. The van der Waals surface area contributed by atoms with Crippen molar-refractivity contribution in [2.24, 2.45) is 0 Å². The lowest BCUT2D eigenvalue weighted by atomic mass is 10.4. The average Bonchev–Trinajstić information content (AvgIpc) is 2.18. The summed E-state index contributed by atoms with van der Waals surface area (Å²) in [6, 6.07) is 0. The van der Waals surface area contributed by atoms with Gasteiger partial charge < -0.3 is 20.8 Å². The first-order valence-corrected chi connectivity index (χ1v) is 4.80. The number of rotatable bonds is 5. The third-order valence-electron chi connectivity index (χ3n) is 1.73. The van der Waals surface area contributed by atoms with Crippen LogP contribution in [0.5, 0.6) is 0 Å². The van der Waals surface area contributed by atoms with Gasteiger partial charge >= 0.3 is 0 Å². The second-order valence-corrected chi connectivity index (χ2v) is 3.34. The minimum absolute atomic E-state index is 0.0991. The van der Waals surface area contributed by atoms with E-state index in [9.17, 15) is 4.79 Å². The molecule has 0 aromatic carbocycles. The van der Waals surface area contributed by atoms with Crippen LogP contribution in [0, 0.1) is 0 Å². The quantitative estimate of drug-likeness (QED) is 0.606. The van der Waals surface area contributed by atoms with E-state index in [-0.39, 0.29) is 17.4 Å². The molecule has 0 aliphatic heterocycles. The normalized spacial score (nSPS) is 10.6. The molecule has 0 aliphatic rings. The van der Waals surface area contributed by atoms with Crippen LogP contribution in [0.3, 0.4) is 0 Å². The molecule has 0 unspecified atom stereocenters. The summed E-state index contributed by atoms with van der Waals surface area (Å²) in [5.74, 6) is 0.395. The molecule has 0 radical (unpaired) electrons. The molecule has 0 atom stereocenters. The number of aromatic amines is 1. The minimum atomic E-state index is -0.336. The predicted molar refractivity (Wildman–Crippen MR) is 58.8 cm³/mol. The summed E-state index contributed by atoms with van der Waals surface area (Å²) >= 11 is 0. The maximum atomic E-state index is 11.1. The zero-order valence-corrected chi connectivity index (χ0v) is 8.91. The lowest BCUT2D eigenvalue weighted by molar-refractivity contribution is 0.0870. The third kappa shape index (κ3) is 3.59. The van der Waals surface area contributed by atoms with E-state index in [0.717, 1.165) is 0 Å². The lowest BCUT2D eigenvalue weighted by Gasteiger charge is -2.09. The molecule has 6 heteroatoms. The summed E-state index contributed by atoms with van der Waals surface area (Å²) in [4.78, 5) is 17.4. The summed E-state index contributed by atoms with van der Waals surface area (Å²) in [6.45, 7) is 5.03. The number of nitrogen functional groups attached to an aromatic ring is 1. The third-order valence-corrected chi connectivity index (χ3v) is 1.73. The fourth-order valence-corrected chi connectivity index (χ4v) is 1.02. The maximum Gasteiger partial charge on any atom is 0.276 e. The fraction of sp³-hybridized carbons (Fsp3) is 0.556. The van der Waals surface area contributed by atoms with Gasteiger partial charge in [-0.3, -0.25) is 4.79 Å². The Labute approximate surface area is 87.9 Å². The van der Waals surface area contributed by atoms with Crippen LogP contribution in [0.15, 0.2) is 11.1 Å². The highest BCUT2D eigenvalue weighted by Gasteiger charge is 2.02. The van der Waals surface area contributed by atoms with Crippen molar-refractivity contribution in [1.82, 2.24) is 9.97 Å². The molecule has 0 aliphatic carbocycles. The molecule has 84 valence electrons. The van der Waals surface area contributed by atoms with Gasteiger partial charge in [0.15, 0.2) is 5.82 Å². The highest BCUT2D eigenvalue weighted by molar-refractivity contribution is 5.58. The smallest absolute Gasteiger partial charge is 0.276 e. The van der Waals surface area contributed by atoms with E-state index in [1.54, 1.807) is 0 Å². The summed E-state index contributed by atoms with van der Waals surface area (Å²) in [5.41, 5.74) is 5.28. The van der Waals surface area contributed by atoms with Gasteiger partial charge in [-0.2, -0.15) is 0 Å². The van der Waals surface area contributed by atoms with E-state index in [2.05, 4.69) is 15.3 Å². The largest absolute Gasteiger partial charge is 0.391 e. The van der Waals surface area contributed by atoms with Gasteiger partial charge in [-0.05, 0) is 13.8 Å². The molecule has 4 N–H and O–H groups in total. The summed E-state index contributed by atoms with van der Waals surface area (Å²) in [5, 5.41) is 2.93. The van der Waals surface area contributed by atoms with E-state index < -0.39 is 0 Å². The molecule has 0 bridgehead atoms. The summed E-state index contributed by atoms with van der Waals surface area (Å²) in [6.07, 6.45) is 1.50. The summed E-state index contributed by atoms with van der Waals surface area (Å²) in [7, 11) is 0. The molecule has 1 aromatic heterocycles. The zero-order valence-electron chi connectivity index (χ0n) is 8.91. The van der Waals surface area contributed by atoms with Gasteiger partial charge in [0.05, 0.1) is 19.0 Å². The van der Waals surface area contributed by atoms with Crippen molar-refractivity contribution < 1.29 is 4.74 Å². The van der Waals surface area contributed by atoms with Crippen LogP contribution >= 0.6 is 0 Å². The van der Waals surface area contributed by atoms with Crippen molar-refractivity contribution >= 4 is 11.5 Å². The fourth-order valence-electron chi connectivity index (χ4n) is 1.02. The van der Waals surface area contributed by atoms with Crippen molar-refractivity contribution in [2.75, 3.05) is 24.2 Å². The number of hydrogen-bond donors (Lipinski definition) is 3. The van der Waals surface area contributed by atoms with Gasteiger partial charge in [0, 0.05) is 6.54 Å². The molecule has 0 fully saturated rings. The topological polar surface area (TPSA) is 93.0 Å².